The summed E-state index contributed by atoms with van der Waals surface area (Å²) in [5, 5.41) is 1.08. The van der Waals surface area contributed by atoms with Gasteiger partial charge in [-0.3, -0.25) is 0 Å². The number of halogens is 2. The van der Waals surface area contributed by atoms with E-state index in [-0.39, 0.29) is 5.38 Å². The molecular weight excluding hydrogens is 349 g/mol. The highest BCUT2D eigenvalue weighted by molar-refractivity contribution is 6.30. The maximum Gasteiger partial charge on any atom is 0.0525 e. The lowest BCUT2D eigenvalue weighted by Crippen LogP contribution is -2.18. The second kappa shape index (κ2) is 13.5. The highest BCUT2D eigenvalue weighted by atomic mass is 35.5. The molecule has 3 atom stereocenters. The van der Waals surface area contributed by atoms with Gasteiger partial charge in [0, 0.05) is 10.7 Å². The first-order valence-corrected chi connectivity index (χ1v) is 10.6. The summed E-state index contributed by atoms with van der Waals surface area (Å²) < 4.78 is 0. The molecule has 0 saturated heterocycles. The zero-order chi connectivity index (χ0) is 19.4. The van der Waals surface area contributed by atoms with E-state index in [9.17, 15) is 0 Å². The molecule has 0 aromatic rings. The Kier molecular flexibility index (Phi) is 13.2. The molecule has 3 heteroatoms. The van der Waals surface area contributed by atoms with Gasteiger partial charge in [0.2, 0.25) is 0 Å². The van der Waals surface area contributed by atoms with E-state index in [1.807, 2.05) is 19.9 Å². The summed E-state index contributed by atoms with van der Waals surface area (Å²) in [7, 11) is 0. The Morgan fingerprint density at radius 3 is 2.32 bits per heavy atom. The van der Waals surface area contributed by atoms with Crippen molar-refractivity contribution in [2.24, 2.45) is 17.6 Å². The molecule has 0 bridgehead atoms. The third kappa shape index (κ3) is 8.05. The molecule has 0 aromatic carbocycles. The zero-order valence-corrected chi connectivity index (χ0v) is 18.4. The Hall–Kier alpha value is -0.660. The van der Waals surface area contributed by atoms with Crippen LogP contribution >= 0.6 is 23.2 Å². The fourth-order valence-corrected chi connectivity index (χ4v) is 3.92. The molecule has 0 aromatic heterocycles. The van der Waals surface area contributed by atoms with Crippen molar-refractivity contribution in [1.29, 1.82) is 0 Å². The lowest BCUT2D eigenvalue weighted by Gasteiger charge is -2.28. The van der Waals surface area contributed by atoms with Gasteiger partial charge in [-0.2, -0.15) is 0 Å². The van der Waals surface area contributed by atoms with Crippen molar-refractivity contribution in [3.8, 4) is 0 Å². The summed E-state index contributed by atoms with van der Waals surface area (Å²) >= 11 is 12.9. The summed E-state index contributed by atoms with van der Waals surface area (Å²) in [6.45, 7) is 12.6. The normalized spacial score (nSPS) is 24.0. The first-order valence-electron chi connectivity index (χ1n) is 9.79. The summed E-state index contributed by atoms with van der Waals surface area (Å²) in [5.74, 6) is 0.924. The van der Waals surface area contributed by atoms with Crippen molar-refractivity contribution in [1.82, 2.24) is 0 Å². The molecule has 2 rings (SSSR count). The van der Waals surface area contributed by atoms with Gasteiger partial charge in [-0.05, 0) is 61.7 Å². The average molecular weight is 386 g/mol. The van der Waals surface area contributed by atoms with Crippen LogP contribution in [0.25, 0.3) is 0 Å². The Balaban J connectivity index is 0.00000104. The van der Waals surface area contributed by atoms with Gasteiger partial charge in [-0.15, -0.1) is 11.6 Å². The number of nitrogens with two attached hydrogens (primary N) is 1. The maximum atomic E-state index is 6.58. The lowest BCUT2D eigenvalue weighted by molar-refractivity contribution is 0.441. The van der Waals surface area contributed by atoms with Crippen molar-refractivity contribution in [2.75, 3.05) is 0 Å². The predicted octanol–water partition coefficient (Wildman–Crippen LogP) is 7.71. The summed E-state index contributed by atoms with van der Waals surface area (Å²) in [6, 6.07) is 0. The second-order valence-electron chi connectivity index (χ2n) is 6.41. The minimum Gasteiger partial charge on any atom is -0.399 e. The Labute approximate surface area is 166 Å². The van der Waals surface area contributed by atoms with Crippen molar-refractivity contribution in [3.05, 3.63) is 46.2 Å². The van der Waals surface area contributed by atoms with Crippen molar-refractivity contribution in [3.63, 3.8) is 0 Å². The number of hydrogen-bond donors (Lipinski definition) is 1. The molecule has 2 aliphatic rings. The van der Waals surface area contributed by atoms with Crippen LogP contribution in [-0.4, -0.2) is 5.38 Å². The molecule has 0 radical (unpaired) electrons. The minimum absolute atomic E-state index is 0.0937. The first kappa shape index (κ1) is 24.3. The topological polar surface area (TPSA) is 26.0 Å². The predicted molar refractivity (Wildman–Crippen MR) is 116 cm³/mol. The smallest absolute Gasteiger partial charge is 0.0525 e. The molecule has 0 heterocycles. The minimum atomic E-state index is 0.0937. The molecular formula is C22H37Cl2N. The van der Waals surface area contributed by atoms with Gasteiger partial charge in [0.1, 0.15) is 0 Å². The van der Waals surface area contributed by atoms with Crippen LogP contribution in [0.5, 0.6) is 0 Å². The molecule has 0 fully saturated rings. The van der Waals surface area contributed by atoms with E-state index >= 15 is 0 Å². The third-order valence-corrected chi connectivity index (χ3v) is 5.01. The molecule has 25 heavy (non-hydrogen) atoms. The van der Waals surface area contributed by atoms with Crippen LogP contribution in [0.2, 0.25) is 0 Å². The van der Waals surface area contributed by atoms with Gasteiger partial charge >= 0.3 is 0 Å². The fraction of sp³-hybridized carbons (Fsp3) is 0.636. The third-order valence-electron chi connectivity index (χ3n) is 4.28. The average Bonchev–Trinajstić information content (AvgIpc) is 2.72. The van der Waals surface area contributed by atoms with Crippen LogP contribution in [0.1, 0.15) is 73.6 Å². The molecule has 0 aliphatic heterocycles. The quantitative estimate of drug-likeness (QED) is 0.494. The largest absolute Gasteiger partial charge is 0.399 e. The fourth-order valence-electron chi connectivity index (χ4n) is 3.22. The van der Waals surface area contributed by atoms with E-state index in [2.05, 4.69) is 45.9 Å². The van der Waals surface area contributed by atoms with Crippen LogP contribution in [0.4, 0.5) is 0 Å². The maximum absolute atomic E-state index is 6.58. The van der Waals surface area contributed by atoms with E-state index in [4.69, 9.17) is 28.9 Å². The number of allylic oxidation sites excluding steroid dienone is 7. The highest BCUT2D eigenvalue weighted by Gasteiger charge is 2.27. The van der Waals surface area contributed by atoms with Crippen LogP contribution in [-0.2, 0) is 0 Å². The summed E-state index contributed by atoms with van der Waals surface area (Å²) in [6.07, 6.45) is 13.6. The Morgan fingerprint density at radius 2 is 1.84 bits per heavy atom. The molecule has 2 aliphatic carbocycles. The zero-order valence-electron chi connectivity index (χ0n) is 16.9. The van der Waals surface area contributed by atoms with E-state index in [0.717, 1.165) is 36.4 Å². The van der Waals surface area contributed by atoms with Gasteiger partial charge in [0.15, 0.2) is 0 Å². The van der Waals surface area contributed by atoms with Crippen LogP contribution in [0.3, 0.4) is 0 Å². The SMILES string of the molecule is CC.CCC.CCC(C1=C(Cl)CCC(Cl)C=C1C)C1C=CC(N)=CC1. The van der Waals surface area contributed by atoms with E-state index in [1.165, 1.54) is 17.6 Å². The van der Waals surface area contributed by atoms with E-state index in [0.29, 0.717) is 11.8 Å². The lowest BCUT2D eigenvalue weighted by atomic mass is 9.77. The Morgan fingerprint density at radius 1 is 1.24 bits per heavy atom. The van der Waals surface area contributed by atoms with Gasteiger partial charge in [0.25, 0.3) is 0 Å². The molecule has 1 nitrogen and oxygen atoms in total. The van der Waals surface area contributed by atoms with E-state index in [1.54, 1.807) is 0 Å². The first-order chi connectivity index (χ1) is 11.9. The molecule has 144 valence electrons. The van der Waals surface area contributed by atoms with Crippen molar-refractivity contribution < 1.29 is 0 Å². The summed E-state index contributed by atoms with van der Waals surface area (Å²) in [4.78, 5) is 0. The van der Waals surface area contributed by atoms with Crippen molar-refractivity contribution >= 4 is 23.2 Å². The van der Waals surface area contributed by atoms with Gasteiger partial charge < -0.3 is 5.73 Å². The number of rotatable bonds is 3. The second-order valence-corrected chi connectivity index (χ2v) is 7.42. The molecule has 0 spiro atoms. The standard InChI is InChI=1S/C17H23Cl2N.C3H8.C2H6/c1-3-15(12-4-7-14(20)8-5-12)17-11(2)10-13(18)6-9-16(17)19;1-3-2;1-2/h4,7-8,10,12-13,15H,3,5-6,9,20H2,1-2H3;3H2,1-2H3;1-2H3. The van der Waals surface area contributed by atoms with Gasteiger partial charge in [-0.25, -0.2) is 0 Å². The Bertz CT molecular complexity index is 500. The van der Waals surface area contributed by atoms with E-state index < -0.39 is 0 Å². The molecule has 0 amide bonds. The molecule has 0 saturated carbocycles. The van der Waals surface area contributed by atoms with Gasteiger partial charge in [-0.1, -0.05) is 70.9 Å². The molecule has 3 unspecified atom stereocenters. The highest BCUT2D eigenvalue weighted by Crippen LogP contribution is 2.40. The van der Waals surface area contributed by atoms with Crippen LogP contribution < -0.4 is 5.73 Å². The van der Waals surface area contributed by atoms with Crippen LogP contribution in [0, 0.1) is 11.8 Å². The van der Waals surface area contributed by atoms with Crippen molar-refractivity contribution in [2.45, 2.75) is 79.0 Å². The monoisotopic (exact) mass is 385 g/mol. The van der Waals surface area contributed by atoms with Gasteiger partial charge in [0.05, 0.1) is 5.38 Å². The summed E-state index contributed by atoms with van der Waals surface area (Å²) in [5.41, 5.74) is 9.24. The number of hydrogen-bond acceptors (Lipinski definition) is 1. The van der Waals surface area contributed by atoms with Crippen LogP contribution in [0.15, 0.2) is 46.2 Å². The number of alkyl halides is 1. The molecule has 2 N–H and O–H groups in total.